The normalized spacial score (nSPS) is 30.0. The van der Waals surface area contributed by atoms with Crippen LogP contribution in [-0.4, -0.2) is 51.5 Å². The molecule has 0 amide bonds. The van der Waals surface area contributed by atoms with Crippen molar-refractivity contribution in [3.8, 4) is 5.75 Å². The zero-order valence-corrected chi connectivity index (χ0v) is 11.9. The number of halogens is 1. The molecule has 2 aromatic rings. The smallest absolute Gasteiger partial charge is 0.229 e. The number of benzene rings is 1. The minimum atomic E-state index is -1.20. The van der Waals surface area contributed by atoms with E-state index in [0.717, 1.165) is 15.4 Å². The summed E-state index contributed by atoms with van der Waals surface area (Å²) in [5.74, 6) is 0.516. The van der Waals surface area contributed by atoms with Crippen molar-refractivity contribution in [3.05, 3.63) is 28.9 Å². The van der Waals surface area contributed by atoms with Gasteiger partial charge in [-0.25, -0.2) is 0 Å². The standard InChI is InChI=1S/C13H14BrNO5/c14-6-1-2-7-8(3-6)15-4-9(7)19-13-12(18)11(17)10(5-16)20-13/h1-4,10-13,15-18H,5H2/t10-,11-,12-,13-/m1/s1. The first kappa shape index (κ1) is 13.8. The highest BCUT2D eigenvalue weighted by Crippen LogP contribution is 2.31. The molecule has 0 radical (unpaired) electrons. The fourth-order valence-corrected chi connectivity index (χ4v) is 2.62. The number of hydrogen-bond donors (Lipinski definition) is 4. The average molecular weight is 344 g/mol. The first-order chi connectivity index (χ1) is 9.60. The number of ether oxygens (including phenoxy) is 2. The van der Waals surface area contributed by atoms with Crippen LogP contribution in [0.1, 0.15) is 0 Å². The van der Waals surface area contributed by atoms with E-state index in [0.29, 0.717) is 5.75 Å². The van der Waals surface area contributed by atoms with Crippen LogP contribution in [0.2, 0.25) is 0 Å². The van der Waals surface area contributed by atoms with Crippen LogP contribution in [0.15, 0.2) is 28.9 Å². The van der Waals surface area contributed by atoms with Gasteiger partial charge in [0.15, 0.2) is 0 Å². The monoisotopic (exact) mass is 343 g/mol. The van der Waals surface area contributed by atoms with Gasteiger partial charge in [-0.15, -0.1) is 0 Å². The van der Waals surface area contributed by atoms with Gasteiger partial charge in [0.25, 0.3) is 0 Å². The van der Waals surface area contributed by atoms with Gasteiger partial charge < -0.3 is 29.8 Å². The number of aliphatic hydroxyl groups is 3. The minimum absolute atomic E-state index is 0.376. The molecule has 1 aromatic carbocycles. The summed E-state index contributed by atoms with van der Waals surface area (Å²) in [6.07, 6.45) is -2.55. The Labute approximate surface area is 123 Å². The van der Waals surface area contributed by atoms with E-state index < -0.39 is 24.6 Å². The second-order valence-electron chi connectivity index (χ2n) is 4.67. The van der Waals surface area contributed by atoms with Crippen LogP contribution in [0.4, 0.5) is 0 Å². The largest absolute Gasteiger partial charge is 0.460 e. The van der Waals surface area contributed by atoms with Crippen molar-refractivity contribution in [2.75, 3.05) is 6.61 Å². The van der Waals surface area contributed by atoms with E-state index in [2.05, 4.69) is 20.9 Å². The molecule has 0 bridgehead atoms. The van der Waals surface area contributed by atoms with E-state index in [1.54, 1.807) is 6.20 Å². The molecular weight excluding hydrogens is 330 g/mol. The van der Waals surface area contributed by atoms with Gasteiger partial charge in [-0.1, -0.05) is 15.9 Å². The molecule has 1 aliphatic heterocycles. The van der Waals surface area contributed by atoms with Gasteiger partial charge in [-0.2, -0.15) is 0 Å². The Morgan fingerprint density at radius 2 is 2.10 bits per heavy atom. The van der Waals surface area contributed by atoms with Crippen LogP contribution in [0.25, 0.3) is 10.9 Å². The molecule has 6 nitrogen and oxygen atoms in total. The number of aromatic nitrogens is 1. The van der Waals surface area contributed by atoms with Crippen LogP contribution in [0.5, 0.6) is 5.75 Å². The molecule has 0 aliphatic carbocycles. The quantitative estimate of drug-likeness (QED) is 0.659. The van der Waals surface area contributed by atoms with Gasteiger partial charge in [-0.05, 0) is 18.2 Å². The van der Waals surface area contributed by atoms with E-state index in [4.69, 9.17) is 14.6 Å². The minimum Gasteiger partial charge on any atom is -0.460 e. The topological polar surface area (TPSA) is 94.9 Å². The number of hydrogen-bond acceptors (Lipinski definition) is 5. The third kappa shape index (κ3) is 2.32. The highest BCUT2D eigenvalue weighted by atomic mass is 79.9. The number of rotatable bonds is 3. The Morgan fingerprint density at radius 1 is 1.30 bits per heavy atom. The number of H-pyrrole nitrogens is 1. The van der Waals surface area contributed by atoms with Crippen molar-refractivity contribution in [1.82, 2.24) is 4.98 Å². The Bertz CT molecular complexity index is 616. The Kier molecular flexibility index (Phi) is 3.70. The number of aromatic amines is 1. The van der Waals surface area contributed by atoms with Gasteiger partial charge >= 0.3 is 0 Å². The van der Waals surface area contributed by atoms with Gasteiger partial charge in [0.2, 0.25) is 6.29 Å². The van der Waals surface area contributed by atoms with Gasteiger partial charge in [0.1, 0.15) is 24.1 Å². The van der Waals surface area contributed by atoms with Crippen LogP contribution in [-0.2, 0) is 4.74 Å². The molecule has 108 valence electrons. The first-order valence-corrected chi connectivity index (χ1v) is 6.95. The molecule has 3 rings (SSSR count). The lowest BCUT2D eigenvalue weighted by Crippen LogP contribution is -2.35. The summed E-state index contributed by atoms with van der Waals surface area (Å²) < 4.78 is 11.8. The fourth-order valence-electron chi connectivity index (χ4n) is 2.26. The molecule has 0 spiro atoms. The molecule has 7 heteroatoms. The van der Waals surface area contributed by atoms with Crippen LogP contribution in [0.3, 0.4) is 0 Å². The van der Waals surface area contributed by atoms with Crippen LogP contribution < -0.4 is 4.74 Å². The second kappa shape index (κ2) is 5.34. The zero-order chi connectivity index (χ0) is 14.3. The lowest BCUT2D eigenvalue weighted by molar-refractivity contribution is -0.115. The van der Waals surface area contributed by atoms with Gasteiger partial charge in [0.05, 0.1) is 12.1 Å². The van der Waals surface area contributed by atoms with E-state index in [9.17, 15) is 10.2 Å². The van der Waals surface area contributed by atoms with Crippen LogP contribution >= 0.6 is 15.9 Å². The van der Waals surface area contributed by atoms with Crippen molar-refractivity contribution >= 4 is 26.8 Å². The van der Waals surface area contributed by atoms with Crippen molar-refractivity contribution < 1.29 is 24.8 Å². The highest BCUT2D eigenvalue weighted by Gasteiger charge is 2.44. The molecule has 4 N–H and O–H groups in total. The fraction of sp³-hybridized carbons (Fsp3) is 0.385. The summed E-state index contributed by atoms with van der Waals surface area (Å²) in [5.41, 5.74) is 0.876. The Hall–Kier alpha value is -1.12. The zero-order valence-electron chi connectivity index (χ0n) is 10.4. The van der Waals surface area contributed by atoms with Gasteiger partial charge in [0, 0.05) is 16.1 Å². The summed E-state index contributed by atoms with van der Waals surface area (Å²) in [4.78, 5) is 3.05. The first-order valence-electron chi connectivity index (χ1n) is 6.16. The maximum absolute atomic E-state index is 9.85. The third-order valence-corrected chi connectivity index (χ3v) is 3.84. The number of aliphatic hydroxyl groups excluding tert-OH is 3. The average Bonchev–Trinajstić information content (AvgIpc) is 2.95. The van der Waals surface area contributed by atoms with E-state index >= 15 is 0 Å². The number of fused-ring (bicyclic) bond motifs is 1. The lowest BCUT2D eigenvalue weighted by atomic mass is 10.1. The van der Waals surface area contributed by atoms with Crippen molar-refractivity contribution in [3.63, 3.8) is 0 Å². The SMILES string of the molecule is OC[C@H]1O[C@@H](Oc2c[nH]c3cc(Br)ccc23)[C@H](O)[C@@H]1O. The van der Waals surface area contributed by atoms with Gasteiger partial charge in [-0.3, -0.25) is 0 Å². The predicted molar refractivity (Wildman–Crippen MR) is 74.4 cm³/mol. The van der Waals surface area contributed by atoms with Crippen molar-refractivity contribution in [1.29, 1.82) is 0 Å². The molecule has 2 heterocycles. The maximum atomic E-state index is 9.85. The van der Waals surface area contributed by atoms with Crippen molar-refractivity contribution in [2.45, 2.75) is 24.6 Å². The molecule has 1 saturated heterocycles. The molecule has 4 atom stereocenters. The summed E-state index contributed by atoms with van der Waals surface area (Å²) >= 11 is 3.38. The molecular formula is C13H14BrNO5. The molecule has 1 aromatic heterocycles. The summed E-state index contributed by atoms with van der Waals surface area (Å²) in [6, 6.07) is 5.65. The van der Waals surface area contributed by atoms with E-state index in [-0.39, 0.29) is 6.61 Å². The molecule has 0 unspecified atom stereocenters. The highest BCUT2D eigenvalue weighted by molar-refractivity contribution is 9.10. The molecule has 1 fully saturated rings. The predicted octanol–water partition coefficient (Wildman–Crippen LogP) is 0.748. The number of nitrogens with one attached hydrogen (secondary N) is 1. The summed E-state index contributed by atoms with van der Waals surface area (Å²) in [6.45, 7) is -0.376. The Balaban J connectivity index is 1.83. The summed E-state index contributed by atoms with van der Waals surface area (Å²) in [7, 11) is 0. The Morgan fingerprint density at radius 3 is 2.80 bits per heavy atom. The third-order valence-electron chi connectivity index (χ3n) is 3.35. The van der Waals surface area contributed by atoms with Crippen LogP contribution in [0, 0.1) is 0 Å². The van der Waals surface area contributed by atoms with E-state index in [1.807, 2.05) is 18.2 Å². The lowest BCUT2D eigenvalue weighted by Gasteiger charge is -2.16. The maximum Gasteiger partial charge on any atom is 0.229 e. The molecule has 20 heavy (non-hydrogen) atoms. The molecule has 1 aliphatic rings. The van der Waals surface area contributed by atoms with E-state index in [1.165, 1.54) is 0 Å². The summed E-state index contributed by atoms with van der Waals surface area (Å²) in [5, 5.41) is 29.4. The second-order valence-corrected chi connectivity index (χ2v) is 5.58. The van der Waals surface area contributed by atoms with Crippen molar-refractivity contribution in [2.24, 2.45) is 0 Å². The molecule has 0 saturated carbocycles.